The fourth-order valence-corrected chi connectivity index (χ4v) is 2.09. The number of Topliss-reactive ketones (excluding diaryl/α,β-unsaturated/α-hetero) is 1. The van der Waals surface area contributed by atoms with E-state index in [1.54, 1.807) is 12.1 Å². The van der Waals surface area contributed by atoms with E-state index >= 15 is 0 Å². The zero-order valence-electron chi connectivity index (χ0n) is 12.7. The molecule has 1 aliphatic rings. The number of ether oxygens (including phenoxy) is 2. The molecule has 1 fully saturated rings. The molecule has 0 radical (unpaired) electrons. The Hall–Kier alpha value is -1.88. The van der Waals surface area contributed by atoms with Crippen molar-refractivity contribution in [1.82, 2.24) is 4.90 Å². The third-order valence-corrected chi connectivity index (χ3v) is 3.07. The summed E-state index contributed by atoms with van der Waals surface area (Å²) in [6.07, 6.45) is -1.04. The van der Waals surface area contributed by atoms with E-state index in [1.807, 2.05) is 39.0 Å². The summed E-state index contributed by atoms with van der Waals surface area (Å²) < 4.78 is 10.8. The minimum absolute atomic E-state index is 0.108. The van der Waals surface area contributed by atoms with E-state index in [0.717, 1.165) is 0 Å². The molecule has 1 aliphatic heterocycles. The van der Waals surface area contributed by atoms with Crippen LogP contribution in [0.1, 0.15) is 31.1 Å². The molecule has 0 aromatic heterocycles. The maximum atomic E-state index is 12.3. The number of carbonyl (C=O) groups is 2. The zero-order valence-corrected chi connectivity index (χ0v) is 12.7. The van der Waals surface area contributed by atoms with Crippen LogP contribution in [-0.4, -0.2) is 48.2 Å². The molecule has 1 amide bonds. The summed E-state index contributed by atoms with van der Waals surface area (Å²) in [4.78, 5) is 25.9. The number of ketones is 1. The second-order valence-electron chi connectivity index (χ2n) is 6.02. The van der Waals surface area contributed by atoms with Crippen LogP contribution in [0.25, 0.3) is 0 Å². The number of morpholine rings is 1. The summed E-state index contributed by atoms with van der Waals surface area (Å²) in [6.45, 7) is 6.45. The van der Waals surface area contributed by atoms with Gasteiger partial charge in [0.2, 0.25) is 0 Å². The summed E-state index contributed by atoms with van der Waals surface area (Å²) in [5.41, 5.74) is 0.0439. The van der Waals surface area contributed by atoms with Gasteiger partial charge < -0.3 is 14.4 Å². The highest BCUT2D eigenvalue weighted by Gasteiger charge is 2.32. The number of benzene rings is 1. The van der Waals surface area contributed by atoms with Crippen LogP contribution < -0.4 is 0 Å². The van der Waals surface area contributed by atoms with Crippen molar-refractivity contribution < 1.29 is 19.1 Å². The van der Waals surface area contributed by atoms with E-state index in [4.69, 9.17) is 9.47 Å². The van der Waals surface area contributed by atoms with Crippen LogP contribution in [0.4, 0.5) is 4.79 Å². The zero-order chi connectivity index (χ0) is 15.5. The van der Waals surface area contributed by atoms with Crippen LogP contribution in [0.3, 0.4) is 0 Å². The van der Waals surface area contributed by atoms with E-state index in [9.17, 15) is 9.59 Å². The maximum absolute atomic E-state index is 12.3. The molecule has 5 heteroatoms. The van der Waals surface area contributed by atoms with E-state index in [0.29, 0.717) is 18.7 Å². The van der Waals surface area contributed by atoms with Gasteiger partial charge in [0.05, 0.1) is 13.2 Å². The van der Waals surface area contributed by atoms with Gasteiger partial charge in [-0.3, -0.25) is 4.79 Å². The lowest BCUT2D eigenvalue weighted by atomic mass is 10.1. The molecule has 1 aromatic rings. The van der Waals surface area contributed by atoms with Crippen molar-refractivity contribution in [3.63, 3.8) is 0 Å². The Morgan fingerprint density at radius 1 is 1.24 bits per heavy atom. The van der Waals surface area contributed by atoms with Gasteiger partial charge in [-0.15, -0.1) is 0 Å². The van der Waals surface area contributed by atoms with Crippen molar-refractivity contribution >= 4 is 11.9 Å². The molecule has 21 heavy (non-hydrogen) atoms. The molecular weight excluding hydrogens is 270 g/mol. The minimum Gasteiger partial charge on any atom is -0.444 e. The van der Waals surface area contributed by atoms with E-state index in [-0.39, 0.29) is 12.3 Å². The van der Waals surface area contributed by atoms with Crippen molar-refractivity contribution in [2.45, 2.75) is 32.5 Å². The van der Waals surface area contributed by atoms with Crippen LogP contribution in [0.2, 0.25) is 0 Å². The molecule has 0 bridgehead atoms. The molecule has 0 N–H and O–H groups in total. The molecule has 2 rings (SSSR count). The van der Waals surface area contributed by atoms with Crippen LogP contribution >= 0.6 is 0 Å². The Bertz CT molecular complexity index is 507. The third-order valence-electron chi connectivity index (χ3n) is 3.07. The Kier molecular flexibility index (Phi) is 4.63. The summed E-state index contributed by atoms with van der Waals surface area (Å²) in [7, 11) is 0. The lowest BCUT2D eigenvalue weighted by Gasteiger charge is -2.33. The molecular formula is C16H21NO4. The molecule has 1 heterocycles. The van der Waals surface area contributed by atoms with Gasteiger partial charge in [0, 0.05) is 12.1 Å². The quantitative estimate of drug-likeness (QED) is 0.786. The van der Waals surface area contributed by atoms with Gasteiger partial charge in [-0.05, 0) is 20.8 Å². The Morgan fingerprint density at radius 3 is 2.52 bits per heavy atom. The second-order valence-corrected chi connectivity index (χ2v) is 6.02. The SMILES string of the molecule is CC(C)(C)OC(=O)N1CCO[C@H](C(=O)c2ccccc2)C1. The third kappa shape index (κ3) is 4.29. The van der Waals surface area contributed by atoms with Crippen molar-refractivity contribution in [1.29, 1.82) is 0 Å². The highest BCUT2D eigenvalue weighted by atomic mass is 16.6. The largest absolute Gasteiger partial charge is 0.444 e. The van der Waals surface area contributed by atoms with Crippen LogP contribution in [0.15, 0.2) is 30.3 Å². The van der Waals surface area contributed by atoms with Crippen molar-refractivity contribution in [2.24, 2.45) is 0 Å². The van der Waals surface area contributed by atoms with Gasteiger partial charge in [0.1, 0.15) is 11.7 Å². The standard InChI is InChI=1S/C16H21NO4/c1-16(2,3)21-15(19)17-9-10-20-13(11-17)14(18)12-7-5-4-6-8-12/h4-8,13H,9-11H2,1-3H3/t13-/m0/s1. The number of rotatable bonds is 2. The van der Waals surface area contributed by atoms with Gasteiger partial charge in [-0.1, -0.05) is 30.3 Å². The maximum Gasteiger partial charge on any atom is 0.410 e. The molecule has 0 aliphatic carbocycles. The normalized spacial score (nSPS) is 19.2. The predicted molar refractivity (Wildman–Crippen MR) is 78.3 cm³/mol. The summed E-state index contributed by atoms with van der Waals surface area (Å²) >= 11 is 0. The highest BCUT2D eigenvalue weighted by molar-refractivity contribution is 5.99. The first-order valence-electron chi connectivity index (χ1n) is 7.05. The second kappa shape index (κ2) is 6.26. The lowest BCUT2D eigenvalue weighted by Crippen LogP contribution is -2.49. The molecule has 5 nitrogen and oxygen atoms in total. The Balaban J connectivity index is 2.01. The number of hydrogen-bond donors (Lipinski definition) is 0. The average Bonchev–Trinajstić information content (AvgIpc) is 2.46. The van der Waals surface area contributed by atoms with Gasteiger partial charge >= 0.3 is 6.09 Å². The van der Waals surface area contributed by atoms with Crippen LogP contribution in [-0.2, 0) is 9.47 Å². The Morgan fingerprint density at radius 2 is 1.90 bits per heavy atom. The average molecular weight is 291 g/mol. The highest BCUT2D eigenvalue weighted by Crippen LogP contribution is 2.15. The van der Waals surface area contributed by atoms with Crippen molar-refractivity contribution in [2.75, 3.05) is 19.7 Å². The number of amides is 1. The van der Waals surface area contributed by atoms with E-state index < -0.39 is 17.8 Å². The van der Waals surface area contributed by atoms with E-state index in [1.165, 1.54) is 4.90 Å². The fourth-order valence-electron chi connectivity index (χ4n) is 2.09. The van der Waals surface area contributed by atoms with Crippen LogP contribution in [0.5, 0.6) is 0 Å². The molecule has 114 valence electrons. The van der Waals surface area contributed by atoms with Gasteiger partial charge in [0.15, 0.2) is 5.78 Å². The predicted octanol–water partition coefficient (Wildman–Crippen LogP) is 2.51. The first-order chi connectivity index (χ1) is 9.87. The van der Waals surface area contributed by atoms with E-state index in [2.05, 4.69) is 0 Å². The van der Waals surface area contributed by atoms with Gasteiger partial charge in [-0.25, -0.2) is 4.79 Å². The summed E-state index contributed by atoms with van der Waals surface area (Å²) in [5, 5.41) is 0. The molecule has 1 aromatic carbocycles. The number of carbonyl (C=O) groups excluding carboxylic acids is 2. The van der Waals surface area contributed by atoms with Crippen molar-refractivity contribution in [3.05, 3.63) is 35.9 Å². The molecule has 0 spiro atoms. The summed E-state index contributed by atoms with van der Waals surface area (Å²) in [6, 6.07) is 8.96. The molecule has 1 saturated heterocycles. The number of nitrogens with zero attached hydrogens (tertiary/aromatic N) is 1. The molecule has 1 atom stereocenters. The number of hydrogen-bond acceptors (Lipinski definition) is 4. The minimum atomic E-state index is -0.631. The van der Waals surface area contributed by atoms with Gasteiger partial charge in [0.25, 0.3) is 0 Å². The topological polar surface area (TPSA) is 55.8 Å². The Labute approximate surface area is 124 Å². The van der Waals surface area contributed by atoms with Gasteiger partial charge in [-0.2, -0.15) is 0 Å². The first-order valence-corrected chi connectivity index (χ1v) is 7.05. The fraction of sp³-hybridized carbons (Fsp3) is 0.500. The lowest BCUT2D eigenvalue weighted by molar-refractivity contribution is -0.0321. The van der Waals surface area contributed by atoms with Crippen LogP contribution in [0, 0.1) is 0 Å². The first kappa shape index (κ1) is 15.5. The monoisotopic (exact) mass is 291 g/mol. The smallest absolute Gasteiger partial charge is 0.410 e. The molecule has 0 unspecified atom stereocenters. The summed E-state index contributed by atoms with van der Waals surface area (Å²) in [5.74, 6) is -0.108. The molecule has 0 saturated carbocycles. The van der Waals surface area contributed by atoms with Crippen molar-refractivity contribution in [3.8, 4) is 0 Å².